The Morgan fingerprint density at radius 3 is 2.55 bits per heavy atom. The van der Waals surface area contributed by atoms with Crippen molar-refractivity contribution in [3.8, 4) is 11.5 Å². The van der Waals surface area contributed by atoms with Gasteiger partial charge in [0, 0.05) is 11.8 Å². The maximum atomic E-state index is 12.4. The summed E-state index contributed by atoms with van der Waals surface area (Å²) in [5.74, 6) is 1.03. The van der Waals surface area contributed by atoms with E-state index in [-0.39, 0.29) is 30.2 Å². The van der Waals surface area contributed by atoms with E-state index in [1.807, 2.05) is 30.3 Å². The van der Waals surface area contributed by atoms with Gasteiger partial charge >= 0.3 is 0 Å². The molecule has 8 nitrogen and oxygen atoms in total. The summed E-state index contributed by atoms with van der Waals surface area (Å²) in [6.45, 7) is 0.848. The molecule has 0 unspecified atom stereocenters. The van der Waals surface area contributed by atoms with Crippen LogP contribution in [0.15, 0.2) is 65.4 Å². The highest BCUT2D eigenvalue weighted by Crippen LogP contribution is 2.29. The smallest absolute Gasteiger partial charge is 0.251 e. The molecule has 2 aliphatic rings. The van der Waals surface area contributed by atoms with E-state index < -0.39 is 0 Å². The number of ether oxygens (including phenoxy) is 2. The van der Waals surface area contributed by atoms with Crippen LogP contribution in [0, 0.1) is 0 Å². The van der Waals surface area contributed by atoms with Gasteiger partial charge in [0.05, 0.1) is 31.6 Å². The molecule has 4 heterocycles. The third-order valence-electron chi connectivity index (χ3n) is 5.15. The van der Waals surface area contributed by atoms with Crippen LogP contribution < -0.4 is 10.6 Å². The van der Waals surface area contributed by atoms with Crippen molar-refractivity contribution in [1.82, 2.24) is 15.3 Å². The zero-order valence-electron chi connectivity index (χ0n) is 15.5. The Balaban J connectivity index is 1.24. The number of rotatable bonds is 5. The molecule has 4 atom stereocenters. The first kappa shape index (κ1) is 17.8. The minimum atomic E-state index is -0.214. The van der Waals surface area contributed by atoms with Gasteiger partial charge in [-0.25, -0.2) is 9.97 Å². The number of benzene rings is 1. The number of hydrogen-bond donors (Lipinski definition) is 2. The Kier molecular flexibility index (Phi) is 4.71. The largest absolute Gasteiger partial charge is 0.463 e. The first-order chi connectivity index (χ1) is 14.3. The summed E-state index contributed by atoms with van der Waals surface area (Å²) in [6, 6.07) is 14.3. The van der Waals surface area contributed by atoms with Crippen molar-refractivity contribution in [2.75, 3.05) is 18.5 Å². The van der Waals surface area contributed by atoms with Crippen molar-refractivity contribution in [2.45, 2.75) is 24.3 Å². The molecule has 0 spiro atoms. The van der Waals surface area contributed by atoms with Crippen LogP contribution in [0.3, 0.4) is 0 Å². The van der Waals surface area contributed by atoms with Crippen LogP contribution in [0.1, 0.15) is 10.4 Å². The first-order valence-electron chi connectivity index (χ1n) is 9.50. The molecule has 0 bridgehead atoms. The first-order valence-corrected chi connectivity index (χ1v) is 9.50. The van der Waals surface area contributed by atoms with Crippen LogP contribution in [0.2, 0.25) is 0 Å². The van der Waals surface area contributed by atoms with E-state index >= 15 is 0 Å². The van der Waals surface area contributed by atoms with E-state index in [1.54, 1.807) is 30.7 Å². The van der Waals surface area contributed by atoms with Gasteiger partial charge in [0.25, 0.3) is 5.91 Å². The molecule has 148 valence electrons. The van der Waals surface area contributed by atoms with Gasteiger partial charge in [-0.2, -0.15) is 0 Å². The highest BCUT2D eigenvalue weighted by molar-refractivity contribution is 5.94. The number of aromatic nitrogens is 2. The summed E-state index contributed by atoms with van der Waals surface area (Å²) in [6.07, 6.45) is 2.88. The number of nitrogens with zero attached hydrogens (tertiary/aromatic N) is 2. The second kappa shape index (κ2) is 7.65. The minimum Gasteiger partial charge on any atom is -0.463 e. The summed E-state index contributed by atoms with van der Waals surface area (Å²) >= 11 is 0. The SMILES string of the molecule is O=C(N[C@@H]1CO[C@@H]2[C@@H]1OC[C@@H]2Nc1nccc(-c2ccco2)n1)c1ccccc1. The maximum absolute atomic E-state index is 12.4. The van der Waals surface area contributed by atoms with Crippen LogP contribution >= 0.6 is 0 Å². The quantitative estimate of drug-likeness (QED) is 0.686. The minimum absolute atomic E-state index is 0.106. The Morgan fingerprint density at radius 1 is 0.966 bits per heavy atom. The lowest BCUT2D eigenvalue weighted by atomic mass is 10.1. The Morgan fingerprint density at radius 2 is 1.76 bits per heavy atom. The van der Waals surface area contributed by atoms with E-state index in [1.165, 1.54) is 0 Å². The summed E-state index contributed by atoms with van der Waals surface area (Å²) in [7, 11) is 0. The molecule has 1 aromatic carbocycles. The number of furan rings is 1. The molecule has 1 amide bonds. The van der Waals surface area contributed by atoms with Crippen LogP contribution in [0.25, 0.3) is 11.5 Å². The van der Waals surface area contributed by atoms with Crippen molar-refractivity contribution in [1.29, 1.82) is 0 Å². The maximum Gasteiger partial charge on any atom is 0.251 e. The van der Waals surface area contributed by atoms with Gasteiger partial charge in [-0.05, 0) is 30.3 Å². The fourth-order valence-electron chi connectivity index (χ4n) is 3.74. The van der Waals surface area contributed by atoms with Gasteiger partial charge in [-0.15, -0.1) is 0 Å². The molecule has 2 N–H and O–H groups in total. The monoisotopic (exact) mass is 392 g/mol. The summed E-state index contributed by atoms with van der Waals surface area (Å²) in [5.41, 5.74) is 1.31. The average Bonchev–Trinajstić information content (AvgIpc) is 3.49. The lowest BCUT2D eigenvalue weighted by Gasteiger charge is -2.18. The number of carbonyl (C=O) groups is 1. The third kappa shape index (κ3) is 3.59. The van der Waals surface area contributed by atoms with E-state index in [0.717, 1.165) is 0 Å². The second-order valence-corrected chi connectivity index (χ2v) is 7.04. The van der Waals surface area contributed by atoms with Crippen LogP contribution in [0.5, 0.6) is 0 Å². The van der Waals surface area contributed by atoms with Gasteiger partial charge in [0.2, 0.25) is 5.95 Å². The van der Waals surface area contributed by atoms with Crippen LogP contribution in [-0.4, -0.2) is 53.4 Å². The van der Waals surface area contributed by atoms with Gasteiger partial charge in [-0.3, -0.25) is 4.79 Å². The number of hydrogen-bond acceptors (Lipinski definition) is 7. The van der Waals surface area contributed by atoms with E-state index in [9.17, 15) is 4.79 Å². The Bertz CT molecular complexity index is 979. The summed E-state index contributed by atoms with van der Waals surface area (Å²) in [5, 5.41) is 6.31. The molecule has 0 aliphatic carbocycles. The normalized spacial score (nSPS) is 25.5. The molecule has 3 aromatic rings. The molecule has 2 saturated heterocycles. The molecule has 2 fully saturated rings. The van der Waals surface area contributed by atoms with E-state index in [0.29, 0.717) is 36.2 Å². The molecule has 29 heavy (non-hydrogen) atoms. The van der Waals surface area contributed by atoms with Gasteiger partial charge < -0.3 is 24.5 Å². The molecule has 0 saturated carbocycles. The zero-order chi connectivity index (χ0) is 19.6. The standard InChI is InChI=1S/C21H20N4O4/c26-20(13-5-2-1-3-6-13)23-15-11-28-19-16(12-29-18(15)19)25-21-22-9-8-14(24-21)17-7-4-10-27-17/h1-10,15-16,18-19H,11-12H2,(H,23,26)(H,22,24,25)/t15-,16+,18-,19+/m1/s1. The number of anilines is 1. The molecule has 2 aliphatic heterocycles. The topological polar surface area (TPSA) is 98.5 Å². The molecular weight excluding hydrogens is 372 g/mol. The van der Waals surface area contributed by atoms with Crippen molar-refractivity contribution in [3.05, 3.63) is 66.6 Å². The third-order valence-corrected chi connectivity index (χ3v) is 5.15. The summed E-state index contributed by atoms with van der Waals surface area (Å²) < 4.78 is 17.3. The predicted molar refractivity (Wildman–Crippen MR) is 104 cm³/mol. The Labute approximate surface area is 167 Å². The fourth-order valence-corrected chi connectivity index (χ4v) is 3.74. The van der Waals surface area contributed by atoms with Crippen molar-refractivity contribution < 1.29 is 18.7 Å². The molecule has 0 radical (unpaired) electrons. The lowest BCUT2D eigenvalue weighted by molar-refractivity contribution is 0.0652. The second-order valence-electron chi connectivity index (χ2n) is 7.04. The number of amides is 1. The number of fused-ring (bicyclic) bond motifs is 1. The number of carbonyl (C=O) groups excluding carboxylic acids is 1. The molecule has 5 rings (SSSR count). The average molecular weight is 392 g/mol. The van der Waals surface area contributed by atoms with Crippen LogP contribution in [-0.2, 0) is 9.47 Å². The highest BCUT2D eigenvalue weighted by atomic mass is 16.6. The zero-order valence-corrected chi connectivity index (χ0v) is 15.5. The number of nitrogens with one attached hydrogen (secondary N) is 2. The molecule has 2 aromatic heterocycles. The van der Waals surface area contributed by atoms with Gasteiger partial charge in [0.15, 0.2) is 5.76 Å². The van der Waals surface area contributed by atoms with Gasteiger partial charge in [-0.1, -0.05) is 18.2 Å². The highest BCUT2D eigenvalue weighted by Gasteiger charge is 2.48. The Hall–Kier alpha value is -3.23. The van der Waals surface area contributed by atoms with Crippen molar-refractivity contribution >= 4 is 11.9 Å². The van der Waals surface area contributed by atoms with Crippen LogP contribution in [0.4, 0.5) is 5.95 Å². The van der Waals surface area contributed by atoms with E-state index in [4.69, 9.17) is 13.9 Å². The van der Waals surface area contributed by atoms with Gasteiger partial charge in [0.1, 0.15) is 17.9 Å². The lowest BCUT2D eigenvalue weighted by Crippen LogP contribution is -2.44. The van der Waals surface area contributed by atoms with E-state index in [2.05, 4.69) is 20.6 Å². The fraction of sp³-hybridized carbons (Fsp3) is 0.286. The van der Waals surface area contributed by atoms with Crippen molar-refractivity contribution in [3.63, 3.8) is 0 Å². The van der Waals surface area contributed by atoms with Crippen molar-refractivity contribution in [2.24, 2.45) is 0 Å². The predicted octanol–water partition coefficient (Wildman–Crippen LogP) is 2.11. The molecule has 8 heteroatoms. The summed E-state index contributed by atoms with van der Waals surface area (Å²) in [4.78, 5) is 21.2. The molecular formula is C21H20N4O4.